The molecule has 2 atom stereocenters. The zero-order valence-electron chi connectivity index (χ0n) is 5.98. The van der Waals surface area contributed by atoms with Crippen LogP contribution in [0.25, 0.3) is 0 Å². The normalized spacial score (nSPS) is 17.2. The molecule has 0 saturated heterocycles. The molecule has 0 saturated carbocycles. The molecule has 0 heterocycles. The van der Waals surface area contributed by atoms with Crippen LogP contribution in [0.5, 0.6) is 0 Å². The topological polar surface area (TPSA) is 55.1 Å². The van der Waals surface area contributed by atoms with Gasteiger partial charge in [0.2, 0.25) is 0 Å². The molecule has 0 fully saturated rings. The van der Waals surface area contributed by atoms with Crippen LogP contribution in [0.2, 0.25) is 0 Å². The fourth-order valence-electron chi connectivity index (χ4n) is 0.401. The second-order valence-corrected chi connectivity index (χ2v) is 3.98. The fraction of sp³-hybridized carbons (Fsp3) is 1.00. The van der Waals surface area contributed by atoms with E-state index in [-0.39, 0.29) is 0 Å². The summed E-state index contributed by atoms with van der Waals surface area (Å²) in [5, 5.41) is 3.04. The van der Waals surface area contributed by atoms with Crippen molar-refractivity contribution in [2.45, 2.75) is 13.0 Å². The molecular weight excluding hydrogens is 135 g/mol. The zero-order valence-corrected chi connectivity index (χ0v) is 6.98. The minimum atomic E-state index is -1.36. The van der Waals surface area contributed by atoms with Gasteiger partial charge in [-0.3, -0.25) is 0 Å². The number of nitrogens with two attached hydrogens (primary N) is 1. The highest BCUT2D eigenvalue weighted by Gasteiger charge is 1.96. The summed E-state index contributed by atoms with van der Waals surface area (Å²) in [6.07, 6.45) is 0.614. The Balaban J connectivity index is 3.16. The Morgan fingerprint density at radius 2 is 2.33 bits per heavy atom. The number of hydrogen-bond donors (Lipinski definition) is 2. The monoisotopic (exact) mass is 150 g/mol. The number of rotatable bonds is 4. The van der Waals surface area contributed by atoms with Crippen LogP contribution in [0, 0.1) is 0 Å². The smallest absolute Gasteiger partial charge is 0.0863 e. The fourth-order valence-corrected chi connectivity index (χ4v) is 1.04. The lowest BCUT2D eigenvalue weighted by molar-refractivity contribution is 0.568. The minimum Gasteiger partial charge on any atom is -0.329 e. The van der Waals surface area contributed by atoms with E-state index in [0.717, 1.165) is 0 Å². The lowest BCUT2D eigenvalue weighted by Gasteiger charge is -2.08. The first-order chi connectivity index (χ1) is 4.16. The minimum absolute atomic E-state index is 0.291. The van der Waals surface area contributed by atoms with E-state index in [2.05, 4.69) is 5.32 Å². The third kappa shape index (κ3) is 6.03. The second kappa shape index (κ2) is 4.98. The summed E-state index contributed by atoms with van der Waals surface area (Å²) in [4.78, 5) is 0. The van der Waals surface area contributed by atoms with Crippen molar-refractivity contribution >= 4 is 7.80 Å². The van der Waals surface area contributed by atoms with Gasteiger partial charge in [-0.05, 0) is 13.6 Å². The Hall–Kier alpha value is 0.150. The average Bonchev–Trinajstić information content (AvgIpc) is 1.83. The van der Waals surface area contributed by atoms with E-state index in [0.29, 0.717) is 18.9 Å². The molecule has 0 aliphatic carbocycles. The van der Waals surface area contributed by atoms with Gasteiger partial charge in [0.25, 0.3) is 0 Å². The highest BCUT2D eigenvalue weighted by atomic mass is 31.1. The third-order valence-electron chi connectivity index (χ3n) is 1.05. The Morgan fingerprint density at radius 3 is 2.67 bits per heavy atom. The molecule has 0 rings (SSSR count). The van der Waals surface area contributed by atoms with Crippen LogP contribution in [-0.2, 0) is 4.57 Å². The first-order valence-corrected chi connectivity index (χ1v) is 5.21. The van der Waals surface area contributed by atoms with Crippen LogP contribution >= 0.6 is 7.80 Å². The van der Waals surface area contributed by atoms with Crippen molar-refractivity contribution in [3.8, 4) is 0 Å². The summed E-state index contributed by atoms with van der Waals surface area (Å²) < 4.78 is 10.5. The maximum atomic E-state index is 10.5. The van der Waals surface area contributed by atoms with E-state index >= 15 is 0 Å². The molecule has 1 unspecified atom stereocenters. The first kappa shape index (κ1) is 9.15. The van der Waals surface area contributed by atoms with Gasteiger partial charge in [0, 0.05) is 18.9 Å². The Labute approximate surface area is 56.8 Å². The summed E-state index contributed by atoms with van der Waals surface area (Å²) >= 11 is 0. The molecule has 0 amide bonds. The molecule has 0 spiro atoms. The zero-order chi connectivity index (χ0) is 7.28. The van der Waals surface area contributed by atoms with Gasteiger partial charge in [0.15, 0.2) is 0 Å². The van der Waals surface area contributed by atoms with E-state index in [1.54, 1.807) is 6.66 Å². The van der Waals surface area contributed by atoms with Crippen LogP contribution in [-0.4, -0.2) is 25.5 Å². The summed E-state index contributed by atoms with van der Waals surface area (Å²) in [6.45, 7) is 4.32. The lowest BCUT2D eigenvalue weighted by Crippen LogP contribution is -2.32. The third-order valence-corrected chi connectivity index (χ3v) is 1.76. The van der Waals surface area contributed by atoms with Crippen LogP contribution in [0.1, 0.15) is 6.92 Å². The van der Waals surface area contributed by atoms with E-state index < -0.39 is 7.80 Å². The largest absolute Gasteiger partial charge is 0.329 e. The van der Waals surface area contributed by atoms with Crippen LogP contribution in [0.15, 0.2) is 0 Å². The van der Waals surface area contributed by atoms with Gasteiger partial charge >= 0.3 is 0 Å². The van der Waals surface area contributed by atoms with Crippen molar-refractivity contribution in [2.24, 2.45) is 5.73 Å². The Morgan fingerprint density at radius 1 is 1.78 bits per heavy atom. The standard InChI is InChI=1S/C5H15N2OP/c1-5(3-6)7-4-9(2)8/h5,7,9H,3-4,6H2,1-2H3/t5-/m1/s1. The number of hydrogen-bond acceptors (Lipinski definition) is 3. The van der Waals surface area contributed by atoms with Crippen molar-refractivity contribution in [2.75, 3.05) is 19.5 Å². The van der Waals surface area contributed by atoms with Crippen molar-refractivity contribution in [1.82, 2.24) is 5.32 Å². The van der Waals surface area contributed by atoms with Crippen LogP contribution in [0.3, 0.4) is 0 Å². The van der Waals surface area contributed by atoms with Gasteiger partial charge in [-0.2, -0.15) is 0 Å². The van der Waals surface area contributed by atoms with Crippen molar-refractivity contribution < 1.29 is 4.57 Å². The van der Waals surface area contributed by atoms with Gasteiger partial charge in [-0.15, -0.1) is 0 Å². The molecule has 56 valence electrons. The van der Waals surface area contributed by atoms with Crippen molar-refractivity contribution in [3.05, 3.63) is 0 Å². The molecule has 0 aromatic heterocycles. The van der Waals surface area contributed by atoms with E-state index in [9.17, 15) is 4.57 Å². The molecule has 3 N–H and O–H groups in total. The van der Waals surface area contributed by atoms with Gasteiger partial charge in [0.1, 0.15) is 0 Å². The molecule has 9 heavy (non-hydrogen) atoms. The lowest BCUT2D eigenvalue weighted by atomic mass is 10.4. The van der Waals surface area contributed by atoms with Gasteiger partial charge < -0.3 is 15.6 Å². The van der Waals surface area contributed by atoms with Crippen molar-refractivity contribution in [3.63, 3.8) is 0 Å². The molecular formula is C5H15N2OP. The van der Waals surface area contributed by atoms with Gasteiger partial charge in [-0.25, -0.2) is 0 Å². The first-order valence-electron chi connectivity index (χ1n) is 3.09. The molecule has 4 heteroatoms. The van der Waals surface area contributed by atoms with Gasteiger partial charge in [-0.1, -0.05) is 0 Å². The maximum Gasteiger partial charge on any atom is 0.0863 e. The Bertz CT molecular complexity index is 97.0. The van der Waals surface area contributed by atoms with Crippen LogP contribution < -0.4 is 11.1 Å². The highest BCUT2D eigenvalue weighted by molar-refractivity contribution is 7.43. The van der Waals surface area contributed by atoms with E-state index in [1.165, 1.54) is 0 Å². The summed E-state index contributed by atoms with van der Waals surface area (Å²) in [7, 11) is -1.36. The molecule has 0 radical (unpaired) electrons. The Kier molecular flexibility index (Phi) is 5.06. The molecule has 0 aromatic rings. The molecule has 0 bridgehead atoms. The van der Waals surface area contributed by atoms with E-state index in [1.807, 2.05) is 6.92 Å². The van der Waals surface area contributed by atoms with Gasteiger partial charge in [0.05, 0.1) is 7.80 Å². The summed E-state index contributed by atoms with van der Waals surface area (Å²) in [5.41, 5.74) is 5.31. The molecule has 0 aliphatic heterocycles. The summed E-state index contributed by atoms with van der Waals surface area (Å²) in [6, 6.07) is 0.291. The van der Waals surface area contributed by atoms with Crippen molar-refractivity contribution in [1.29, 1.82) is 0 Å². The average molecular weight is 150 g/mol. The van der Waals surface area contributed by atoms with Crippen LogP contribution in [0.4, 0.5) is 0 Å². The highest BCUT2D eigenvalue weighted by Crippen LogP contribution is 2.09. The quantitative estimate of drug-likeness (QED) is 0.557. The van der Waals surface area contributed by atoms with E-state index in [4.69, 9.17) is 5.73 Å². The predicted molar refractivity (Wildman–Crippen MR) is 41.4 cm³/mol. The summed E-state index contributed by atoms with van der Waals surface area (Å²) in [5.74, 6) is 0. The SMILES string of the molecule is C[C@H](CN)NC[PH](C)=O. The maximum absolute atomic E-state index is 10.5. The number of nitrogens with one attached hydrogen (secondary N) is 1. The molecule has 0 aromatic carbocycles. The molecule has 3 nitrogen and oxygen atoms in total. The molecule has 0 aliphatic rings. The second-order valence-electron chi connectivity index (χ2n) is 2.22. The predicted octanol–water partition coefficient (Wildman–Crippen LogP) is 0.0702.